The maximum absolute atomic E-state index is 11.9. The van der Waals surface area contributed by atoms with Crippen molar-refractivity contribution in [3.05, 3.63) is 16.1 Å². The number of fused-ring (bicyclic) bond motifs is 1. The molecule has 0 spiro atoms. The summed E-state index contributed by atoms with van der Waals surface area (Å²) >= 11 is 12.9. The fourth-order valence-corrected chi connectivity index (χ4v) is 2.80. The number of anilines is 1. The van der Waals surface area contributed by atoms with E-state index in [9.17, 15) is 9.59 Å². The summed E-state index contributed by atoms with van der Waals surface area (Å²) in [7, 11) is 0. The summed E-state index contributed by atoms with van der Waals surface area (Å²) in [5.74, 6) is -1.12. The zero-order chi connectivity index (χ0) is 15.6. The number of carbonyl (C=O) groups is 2. The minimum absolute atomic E-state index is 0.193. The first-order valence-corrected chi connectivity index (χ1v) is 7.33. The SMILES string of the molecule is CCC(NC(=O)Nc1c(Cl)cc(Cl)c2nsnc12)C(=O)O. The Morgan fingerprint density at radius 1 is 1.33 bits per heavy atom. The number of amides is 2. The first-order valence-electron chi connectivity index (χ1n) is 5.84. The van der Waals surface area contributed by atoms with Gasteiger partial charge in [-0.15, -0.1) is 0 Å². The molecule has 112 valence electrons. The van der Waals surface area contributed by atoms with Gasteiger partial charge in [-0.05, 0) is 12.5 Å². The summed E-state index contributed by atoms with van der Waals surface area (Å²) in [5, 5.41) is 14.2. The Labute approximate surface area is 133 Å². The fourth-order valence-electron chi connectivity index (χ4n) is 1.64. The molecule has 21 heavy (non-hydrogen) atoms. The molecule has 1 unspecified atom stereocenters. The van der Waals surface area contributed by atoms with Crippen molar-refractivity contribution < 1.29 is 14.7 Å². The Morgan fingerprint density at radius 2 is 2.00 bits per heavy atom. The number of benzene rings is 1. The van der Waals surface area contributed by atoms with Crippen LogP contribution in [-0.2, 0) is 4.79 Å². The minimum atomic E-state index is -1.12. The predicted molar refractivity (Wildman–Crippen MR) is 81.3 cm³/mol. The van der Waals surface area contributed by atoms with E-state index in [1.165, 1.54) is 6.07 Å². The van der Waals surface area contributed by atoms with Gasteiger partial charge >= 0.3 is 12.0 Å². The lowest BCUT2D eigenvalue weighted by Crippen LogP contribution is -2.42. The van der Waals surface area contributed by atoms with Crippen molar-refractivity contribution in [3.63, 3.8) is 0 Å². The van der Waals surface area contributed by atoms with Gasteiger partial charge in [0.1, 0.15) is 17.1 Å². The number of carbonyl (C=O) groups excluding carboxylic acids is 1. The molecule has 0 bridgehead atoms. The number of hydrogen-bond acceptors (Lipinski definition) is 5. The second kappa shape index (κ2) is 6.42. The quantitative estimate of drug-likeness (QED) is 0.787. The smallest absolute Gasteiger partial charge is 0.326 e. The molecule has 1 heterocycles. The van der Waals surface area contributed by atoms with E-state index in [-0.39, 0.29) is 17.1 Å². The number of aromatic nitrogens is 2. The van der Waals surface area contributed by atoms with Crippen LogP contribution in [0.1, 0.15) is 13.3 Å². The van der Waals surface area contributed by atoms with Crippen LogP contribution in [0.15, 0.2) is 6.07 Å². The lowest BCUT2D eigenvalue weighted by atomic mass is 10.2. The second-order valence-corrected chi connectivity index (χ2v) is 5.42. The number of carboxylic acid groups (broad SMARTS) is 1. The van der Waals surface area contributed by atoms with Gasteiger partial charge in [-0.2, -0.15) is 8.75 Å². The zero-order valence-electron chi connectivity index (χ0n) is 10.7. The standard InChI is InChI=1S/C11H10Cl2N4O3S/c1-2-6(10(18)19)14-11(20)15-7-4(12)3-5(13)8-9(7)17-21-16-8/h3,6H,2H2,1H3,(H,18,19)(H2,14,15,20). The fraction of sp³-hybridized carbons (Fsp3) is 0.273. The average molecular weight is 349 g/mol. The van der Waals surface area contributed by atoms with E-state index in [0.717, 1.165) is 11.7 Å². The first-order chi connectivity index (χ1) is 9.93. The molecule has 2 aromatic rings. The third kappa shape index (κ3) is 3.34. The van der Waals surface area contributed by atoms with Crippen molar-refractivity contribution in [2.75, 3.05) is 5.32 Å². The number of rotatable bonds is 4. The van der Waals surface area contributed by atoms with Crippen molar-refractivity contribution in [3.8, 4) is 0 Å². The number of nitrogens with one attached hydrogen (secondary N) is 2. The minimum Gasteiger partial charge on any atom is -0.480 e. The van der Waals surface area contributed by atoms with E-state index >= 15 is 0 Å². The molecule has 0 radical (unpaired) electrons. The lowest BCUT2D eigenvalue weighted by Gasteiger charge is -2.14. The maximum Gasteiger partial charge on any atom is 0.326 e. The van der Waals surface area contributed by atoms with E-state index in [1.54, 1.807) is 6.92 Å². The third-order valence-electron chi connectivity index (χ3n) is 2.69. The summed E-state index contributed by atoms with van der Waals surface area (Å²) in [5.41, 5.74) is 1.02. The van der Waals surface area contributed by atoms with Crippen LogP contribution in [0.3, 0.4) is 0 Å². The molecule has 0 aliphatic heterocycles. The number of aliphatic carboxylic acids is 1. The van der Waals surface area contributed by atoms with E-state index < -0.39 is 18.0 Å². The molecule has 0 saturated carbocycles. The molecule has 2 amide bonds. The highest BCUT2D eigenvalue weighted by Gasteiger charge is 2.20. The third-order valence-corrected chi connectivity index (χ3v) is 3.81. The number of urea groups is 1. The second-order valence-electron chi connectivity index (χ2n) is 4.07. The summed E-state index contributed by atoms with van der Waals surface area (Å²) < 4.78 is 8.04. The van der Waals surface area contributed by atoms with Crippen LogP contribution in [-0.4, -0.2) is 31.9 Å². The first kappa shape index (κ1) is 15.7. The van der Waals surface area contributed by atoms with Crippen LogP contribution >= 0.6 is 34.9 Å². The van der Waals surface area contributed by atoms with E-state index in [2.05, 4.69) is 19.4 Å². The van der Waals surface area contributed by atoms with Gasteiger partial charge in [0.15, 0.2) is 0 Å². The Balaban J connectivity index is 2.25. The van der Waals surface area contributed by atoms with Gasteiger partial charge in [0.25, 0.3) is 0 Å². The van der Waals surface area contributed by atoms with Crippen LogP contribution in [0.5, 0.6) is 0 Å². The number of halogens is 2. The van der Waals surface area contributed by atoms with Crippen LogP contribution in [0.4, 0.5) is 10.5 Å². The highest BCUT2D eigenvalue weighted by molar-refractivity contribution is 7.00. The largest absolute Gasteiger partial charge is 0.480 e. The molecule has 0 fully saturated rings. The Morgan fingerprint density at radius 3 is 2.62 bits per heavy atom. The Bertz CT molecular complexity index is 706. The summed E-state index contributed by atoms with van der Waals surface area (Å²) in [6.45, 7) is 1.65. The van der Waals surface area contributed by atoms with E-state index in [4.69, 9.17) is 28.3 Å². The highest BCUT2D eigenvalue weighted by atomic mass is 35.5. The molecule has 0 aliphatic rings. The van der Waals surface area contributed by atoms with Gasteiger partial charge in [-0.25, -0.2) is 9.59 Å². The predicted octanol–water partition coefficient (Wildman–Crippen LogP) is 2.98. The highest BCUT2D eigenvalue weighted by Crippen LogP contribution is 2.35. The average Bonchev–Trinajstić information content (AvgIpc) is 2.90. The molecule has 0 aliphatic carbocycles. The molecule has 10 heteroatoms. The zero-order valence-corrected chi connectivity index (χ0v) is 13.0. The van der Waals surface area contributed by atoms with Gasteiger partial charge in [-0.3, -0.25) is 0 Å². The summed E-state index contributed by atoms with van der Waals surface area (Å²) in [4.78, 5) is 22.8. The van der Waals surface area contributed by atoms with Crippen LogP contribution in [0.2, 0.25) is 10.0 Å². The van der Waals surface area contributed by atoms with E-state index in [1.807, 2.05) is 0 Å². The van der Waals surface area contributed by atoms with Gasteiger partial charge in [0.2, 0.25) is 0 Å². The molecular weight excluding hydrogens is 339 g/mol. The molecule has 7 nitrogen and oxygen atoms in total. The van der Waals surface area contributed by atoms with Crippen LogP contribution in [0, 0.1) is 0 Å². The molecule has 2 rings (SSSR count). The Hall–Kier alpha value is -1.64. The molecule has 1 aromatic heterocycles. The van der Waals surface area contributed by atoms with Gasteiger partial charge in [0.05, 0.1) is 27.5 Å². The normalized spacial score (nSPS) is 12.1. The topological polar surface area (TPSA) is 104 Å². The summed E-state index contributed by atoms with van der Waals surface area (Å²) in [6.07, 6.45) is 0.255. The van der Waals surface area contributed by atoms with Crippen molar-refractivity contribution >= 4 is 63.7 Å². The molecular formula is C11H10Cl2N4O3S. The number of nitrogens with zero attached hydrogens (tertiary/aromatic N) is 2. The monoisotopic (exact) mass is 348 g/mol. The lowest BCUT2D eigenvalue weighted by molar-refractivity contribution is -0.139. The van der Waals surface area contributed by atoms with Crippen molar-refractivity contribution in [2.24, 2.45) is 0 Å². The molecule has 1 aromatic carbocycles. The summed E-state index contributed by atoms with van der Waals surface area (Å²) in [6, 6.07) is -0.236. The molecule has 3 N–H and O–H groups in total. The number of hydrogen-bond donors (Lipinski definition) is 3. The van der Waals surface area contributed by atoms with E-state index in [0.29, 0.717) is 16.1 Å². The van der Waals surface area contributed by atoms with Gasteiger partial charge in [-0.1, -0.05) is 30.1 Å². The maximum atomic E-state index is 11.9. The van der Waals surface area contributed by atoms with Crippen molar-refractivity contribution in [1.82, 2.24) is 14.1 Å². The van der Waals surface area contributed by atoms with Crippen molar-refractivity contribution in [2.45, 2.75) is 19.4 Å². The van der Waals surface area contributed by atoms with Crippen molar-refractivity contribution in [1.29, 1.82) is 0 Å². The molecule has 1 atom stereocenters. The van der Waals surface area contributed by atoms with Gasteiger partial charge in [0, 0.05) is 0 Å². The van der Waals surface area contributed by atoms with Crippen LogP contribution < -0.4 is 10.6 Å². The van der Waals surface area contributed by atoms with Gasteiger partial charge < -0.3 is 15.7 Å². The number of carboxylic acids is 1. The Kier molecular flexibility index (Phi) is 4.81. The van der Waals surface area contributed by atoms with Crippen LogP contribution in [0.25, 0.3) is 11.0 Å². The molecule has 0 saturated heterocycles.